The first-order chi connectivity index (χ1) is 19.8. The summed E-state index contributed by atoms with van der Waals surface area (Å²) < 4.78 is 0. The summed E-state index contributed by atoms with van der Waals surface area (Å²) >= 11 is 0. The first-order valence-electron chi connectivity index (χ1n) is 14.9. The summed E-state index contributed by atoms with van der Waals surface area (Å²) in [5.74, 6) is 0. The Morgan fingerprint density at radius 2 is 0.525 bits per heavy atom. The van der Waals surface area contributed by atoms with Crippen LogP contribution in [0.2, 0.25) is 0 Å². The molecule has 0 aliphatic carbocycles. The van der Waals surface area contributed by atoms with Gasteiger partial charge < -0.3 is 21.3 Å². The summed E-state index contributed by atoms with van der Waals surface area (Å²) in [7, 11) is 0. The van der Waals surface area contributed by atoms with Gasteiger partial charge in [-0.1, -0.05) is 121 Å². The van der Waals surface area contributed by atoms with Crippen LogP contribution in [-0.2, 0) is 25.7 Å². The molecule has 5 rings (SSSR count). The van der Waals surface area contributed by atoms with Gasteiger partial charge in [-0.15, -0.1) is 0 Å². The number of benzene rings is 4. The number of nitrogens with one attached hydrogen (secondary N) is 4. The van der Waals surface area contributed by atoms with Crippen LogP contribution in [0.15, 0.2) is 121 Å². The Kier molecular flexibility index (Phi) is 10.9. The van der Waals surface area contributed by atoms with Crippen LogP contribution in [-0.4, -0.2) is 50.3 Å². The van der Waals surface area contributed by atoms with Crippen LogP contribution in [0, 0.1) is 0 Å². The average Bonchev–Trinajstić information content (AvgIpc) is 3.00. The molecule has 1 aliphatic rings. The van der Waals surface area contributed by atoms with Crippen molar-refractivity contribution in [2.24, 2.45) is 0 Å². The molecule has 0 aromatic heterocycles. The molecule has 1 fully saturated rings. The molecular weight excluding hydrogens is 488 g/mol. The van der Waals surface area contributed by atoms with Crippen LogP contribution >= 0.6 is 0 Å². The predicted octanol–water partition coefficient (Wildman–Crippen LogP) is 4.80. The highest BCUT2D eigenvalue weighted by Crippen LogP contribution is 2.10. The third-order valence-corrected chi connectivity index (χ3v) is 7.91. The van der Waals surface area contributed by atoms with Gasteiger partial charge in [-0.05, 0) is 47.9 Å². The third-order valence-electron chi connectivity index (χ3n) is 7.91. The van der Waals surface area contributed by atoms with E-state index in [2.05, 4.69) is 143 Å². The van der Waals surface area contributed by atoms with E-state index in [9.17, 15) is 0 Å². The second-order valence-corrected chi connectivity index (χ2v) is 11.2. The third kappa shape index (κ3) is 9.42. The Bertz CT molecular complexity index is 1000. The summed E-state index contributed by atoms with van der Waals surface area (Å²) in [4.78, 5) is 0. The highest BCUT2D eigenvalue weighted by Gasteiger charge is 2.21. The van der Waals surface area contributed by atoms with Crippen molar-refractivity contribution < 1.29 is 0 Å². The van der Waals surface area contributed by atoms with Gasteiger partial charge in [0.05, 0.1) is 0 Å². The summed E-state index contributed by atoms with van der Waals surface area (Å²) in [5.41, 5.74) is 5.51. The second-order valence-electron chi connectivity index (χ2n) is 11.2. The molecule has 0 bridgehead atoms. The molecule has 4 aromatic rings. The first kappa shape index (κ1) is 28.3. The summed E-state index contributed by atoms with van der Waals surface area (Å²) in [6.45, 7) is 3.70. The van der Waals surface area contributed by atoms with Gasteiger partial charge in [0.2, 0.25) is 0 Å². The lowest BCUT2D eigenvalue weighted by molar-refractivity contribution is 0.342. The zero-order valence-electron chi connectivity index (χ0n) is 23.5. The standard InChI is InChI=1S/C36H44N4/c1-5-13-29(14-6-1)21-33-25-38-35(23-31-17-9-3-10-18-31)27-40-36(24-32-19-11-4-12-20-32)28-39-34(26-37-33)22-30-15-7-2-8-16-30/h1-20,33-40H,21-28H2/t33-,34-,35-,36-/m0/s1. The number of hydrogen-bond donors (Lipinski definition) is 4. The van der Waals surface area contributed by atoms with Crippen LogP contribution in [0.3, 0.4) is 0 Å². The van der Waals surface area contributed by atoms with Gasteiger partial charge in [0, 0.05) is 50.3 Å². The van der Waals surface area contributed by atoms with E-state index in [-0.39, 0.29) is 0 Å². The Labute approximate surface area is 240 Å². The Morgan fingerprint density at radius 1 is 0.325 bits per heavy atom. The highest BCUT2D eigenvalue weighted by atomic mass is 15.1. The summed E-state index contributed by atoms with van der Waals surface area (Å²) in [6.07, 6.45) is 4.03. The van der Waals surface area contributed by atoms with E-state index in [1.165, 1.54) is 22.3 Å². The summed E-state index contributed by atoms with van der Waals surface area (Å²) in [5, 5.41) is 15.8. The largest absolute Gasteiger partial charge is 0.311 e. The fourth-order valence-corrected chi connectivity index (χ4v) is 5.70. The van der Waals surface area contributed by atoms with Crippen molar-refractivity contribution in [3.05, 3.63) is 144 Å². The van der Waals surface area contributed by atoms with Crippen LogP contribution < -0.4 is 21.3 Å². The maximum atomic E-state index is 3.96. The maximum Gasteiger partial charge on any atom is 0.0233 e. The minimum atomic E-state index is 0.347. The van der Waals surface area contributed by atoms with Crippen molar-refractivity contribution in [2.75, 3.05) is 26.2 Å². The minimum Gasteiger partial charge on any atom is -0.311 e. The van der Waals surface area contributed by atoms with Crippen LogP contribution in [0.1, 0.15) is 22.3 Å². The molecule has 40 heavy (non-hydrogen) atoms. The highest BCUT2D eigenvalue weighted by molar-refractivity contribution is 5.19. The monoisotopic (exact) mass is 532 g/mol. The first-order valence-corrected chi connectivity index (χ1v) is 14.9. The lowest BCUT2D eigenvalue weighted by atomic mass is 10.00. The van der Waals surface area contributed by atoms with Gasteiger partial charge in [-0.3, -0.25) is 0 Å². The van der Waals surface area contributed by atoms with Crippen LogP contribution in [0.25, 0.3) is 0 Å². The van der Waals surface area contributed by atoms with E-state index in [0.29, 0.717) is 24.2 Å². The van der Waals surface area contributed by atoms with Gasteiger partial charge in [0.1, 0.15) is 0 Å². The quantitative estimate of drug-likeness (QED) is 0.263. The van der Waals surface area contributed by atoms with Crippen molar-refractivity contribution in [1.82, 2.24) is 21.3 Å². The molecule has 1 heterocycles. The normalized spacial score (nSPS) is 22.6. The van der Waals surface area contributed by atoms with Gasteiger partial charge in [0.25, 0.3) is 0 Å². The molecular formula is C36H44N4. The predicted molar refractivity (Wildman–Crippen MR) is 168 cm³/mol. The van der Waals surface area contributed by atoms with Gasteiger partial charge in [-0.2, -0.15) is 0 Å². The SMILES string of the molecule is c1ccc(C[C@H]2CN[C@@H](Cc3ccccc3)CN[C@@H](Cc3ccccc3)CN[C@@H](Cc3ccccc3)CN2)cc1. The molecule has 4 atom stereocenters. The van der Waals surface area contributed by atoms with Crippen molar-refractivity contribution in [3.63, 3.8) is 0 Å². The Morgan fingerprint density at radius 3 is 0.725 bits per heavy atom. The second kappa shape index (κ2) is 15.5. The molecule has 1 aliphatic heterocycles. The number of rotatable bonds is 8. The van der Waals surface area contributed by atoms with Gasteiger partial charge >= 0.3 is 0 Å². The number of hydrogen-bond acceptors (Lipinski definition) is 4. The lowest BCUT2D eigenvalue weighted by Crippen LogP contribution is -2.55. The fraction of sp³-hybridized carbons (Fsp3) is 0.333. The van der Waals surface area contributed by atoms with Crippen LogP contribution in [0.4, 0.5) is 0 Å². The zero-order chi connectivity index (χ0) is 27.2. The zero-order valence-corrected chi connectivity index (χ0v) is 23.5. The summed E-state index contributed by atoms with van der Waals surface area (Å²) in [6, 6.07) is 44.9. The molecule has 0 radical (unpaired) electrons. The molecule has 0 spiro atoms. The molecule has 4 nitrogen and oxygen atoms in total. The Hall–Kier alpha value is -3.28. The van der Waals surface area contributed by atoms with E-state index in [1.54, 1.807) is 0 Å². The smallest absolute Gasteiger partial charge is 0.0233 e. The van der Waals surface area contributed by atoms with Crippen molar-refractivity contribution in [2.45, 2.75) is 49.9 Å². The van der Waals surface area contributed by atoms with E-state index in [0.717, 1.165) is 51.9 Å². The molecule has 4 aromatic carbocycles. The van der Waals surface area contributed by atoms with Gasteiger partial charge in [0.15, 0.2) is 0 Å². The molecule has 208 valence electrons. The van der Waals surface area contributed by atoms with Gasteiger partial charge in [-0.25, -0.2) is 0 Å². The Balaban J connectivity index is 1.34. The van der Waals surface area contributed by atoms with Crippen molar-refractivity contribution in [3.8, 4) is 0 Å². The topological polar surface area (TPSA) is 48.1 Å². The average molecular weight is 533 g/mol. The molecule has 0 saturated carbocycles. The molecule has 4 N–H and O–H groups in total. The lowest BCUT2D eigenvalue weighted by Gasteiger charge is -2.31. The van der Waals surface area contributed by atoms with Crippen molar-refractivity contribution in [1.29, 1.82) is 0 Å². The minimum absolute atomic E-state index is 0.347. The molecule has 4 heteroatoms. The molecule has 1 saturated heterocycles. The fourth-order valence-electron chi connectivity index (χ4n) is 5.70. The molecule has 0 unspecified atom stereocenters. The van der Waals surface area contributed by atoms with Crippen molar-refractivity contribution >= 4 is 0 Å². The molecule has 0 amide bonds. The maximum absolute atomic E-state index is 3.96. The van der Waals surface area contributed by atoms with E-state index in [4.69, 9.17) is 0 Å². The van der Waals surface area contributed by atoms with E-state index >= 15 is 0 Å². The van der Waals surface area contributed by atoms with E-state index in [1.807, 2.05) is 0 Å². The van der Waals surface area contributed by atoms with Crippen LogP contribution in [0.5, 0.6) is 0 Å². The van der Waals surface area contributed by atoms with E-state index < -0.39 is 0 Å².